The molecule has 0 saturated carbocycles. The van der Waals surface area contributed by atoms with E-state index in [1.54, 1.807) is 11.5 Å². The van der Waals surface area contributed by atoms with Crippen LogP contribution in [0.3, 0.4) is 0 Å². The van der Waals surface area contributed by atoms with Crippen LogP contribution >= 0.6 is 0 Å². The molecule has 0 saturated heterocycles. The number of carbonyl (C=O) groups is 1. The molecule has 16 heavy (non-hydrogen) atoms. The first-order valence-corrected chi connectivity index (χ1v) is 5.30. The zero-order valence-electron chi connectivity index (χ0n) is 9.87. The Morgan fingerprint density at radius 2 is 1.94 bits per heavy atom. The summed E-state index contributed by atoms with van der Waals surface area (Å²) < 4.78 is 1.68. The van der Waals surface area contributed by atoms with Crippen LogP contribution in [0.1, 0.15) is 22.8 Å². The van der Waals surface area contributed by atoms with Crippen molar-refractivity contribution in [1.82, 2.24) is 4.57 Å². The maximum Gasteiger partial charge on any atom is 0.257 e. The summed E-state index contributed by atoms with van der Waals surface area (Å²) in [4.78, 5) is 11.9. The van der Waals surface area contributed by atoms with Crippen molar-refractivity contribution in [1.29, 1.82) is 0 Å². The van der Waals surface area contributed by atoms with E-state index in [2.05, 4.69) is 19.6 Å². The van der Waals surface area contributed by atoms with Gasteiger partial charge in [-0.25, -0.2) is 0 Å². The predicted molar refractivity (Wildman–Crippen MR) is 66.9 cm³/mol. The fraction of sp³-hybridized carbons (Fsp3) is 0.214. The Kier molecular flexibility index (Phi) is 2.43. The number of aryl methyl sites for hydroxylation is 2. The van der Waals surface area contributed by atoms with Crippen LogP contribution in [0.25, 0.3) is 10.9 Å². The van der Waals surface area contributed by atoms with Gasteiger partial charge in [-0.15, -0.1) is 0 Å². The van der Waals surface area contributed by atoms with Gasteiger partial charge in [-0.1, -0.05) is 18.7 Å². The lowest BCUT2D eigenvalue weighted by atomic mass is 10.1. The van der Waals surface area contributed by atoms with E-state index in [1.807, 2.05) is 25.3 Å². The van der Waals surface area contributed by atoms with Crippen LogP contribution in [0.15, 0.2) is 36.5 Å². The summed E-state index contributed by atoms with van der Waals surface area (Å²) in [7, 11) is 0. The highest BCUT2D eigenvalue weighted by Crippen LogP contribution is 2.24. The summed E-state index contributed by atoms with van der Waals surface area (Å²) in [5.41, 5.74) is 3.84. The number of hydrogen-bond acceptors (Lipinski definition) is 1. The van der Waals surface area contributed by atoms with E-state index in [0.29, 0.717) is 5.57 Å². The zero-order chi connectivity index (χ0) is 11.9. The molecule has 0 aliphatic carbocycles. The number of aromatic nitrogens is 1. The Bertz CT molecular complexity index is 590. The molecule has 2 rings (SSSR count). The molecule has 2 aromatic rings. The van der Waals surface area contributed by atoms with E-state index < -0.39 is 0 Å². The fourth-order valence-corrected chi connectivity index (χ4v) is 2.07. The Hall–Kier alpha value is -1.83. The highest BCUT2D eigenvalue weighted by atomic mass is 16.2. The van der Waals surface area contributed by atoms with Crippen LogP contribution in [-0.4, -0.2) is 10.5 Å². The largest absolute Gasteiger partial charge is 0.283 e. The van der Waals surface area contributed by atoms with Crippen LogP contribution in [0.4, 0.5) is 0 Å². The molecule has 1 heterocycles. The Labute approximate surface area is 95.2 Å². The van der Waals surface area contributed by atoms with Gasteiger partial charge in [-0.2, -0.15) is 0 Å². The van der Waals surface area contributed by atoms with Gasteiger partial charge in [0.05, 0.1) is 5.52 Å². The minimum Gasteiger partial charge on any atom is -0.283 e. The van der Waals surface area contributed by atoms with Gasteiger partial charge in [0.2, 0.25) is 0 Å². The summed E-state index contributed by atoms with van der Waals surface area (Å²) >= 11 is 0. The monoisotopic (exact) mass is 213 g/mol. The number of nitrogens with zero attached hydrogens (tertiary/aromatic N) is 1. The highest BCUT2D eigenvalue weighted by molar-refractivity contribution is 6.02. The molecule has 1 aromatic carbocycles. The van der Waals surface area contributed by atoms with E-state index in [4.69, 9.17) is 0 Å². The Morgan fingerprint density at radius 1 is 1.25 bits per heavy atom. The van der Waals surface area contributed by atoms with Gasteiger partial charge in [0.25, 0.3) is 5.91 Å². The molecule has 82 valence electrons. The molecule has 0 spiro atoms. The van der Waals surface area contributed by atoms with Crippen LogP contribution in [0.2, 0.25) is 0 Å². The first-order valence-electron chi connectivity index (χ1n) is 5.30. The summed E-state index contributed by atoms with van der Waals surface area (Å²) in [6, 6.07) is 6.00. The summed E-state index contributed by atoms with van der Waals surface area (Å²) in [6.45, 7) is 9.52. The molecule has 0 aliphatic heterocycles. The van der Waals surface area contributed by atoms with Crippen molar-refractivity contribution in [2.24, 2.45) is 0 Å². The lowest BCUT2D eigenvalue weighted by Crippen LogP contribution is -2.09. The topological polar surface area (TPSA) is 22.0 Å². The van der Waals surface area contributed by atoms with Crippen LogP contribution in [0, 0.1) is 13.8 Å². The fourth-order valence-electron chi connectivity index (χ4n) is 2.07. The second-order valence-corrected chi connectivity index (χ2v) is 4.24. The van der Waals surface area contributed by atoms with E-state index in [9.17, 15) is 4.79 Å². The van der Waals surface area contributed by atoms with Gasteiger partial charge in [0, 0.05) is 17.2 Å². The third-order valence-electron chi connectivity index (χ3n) is 2.81. The number of rotatable bonds is 1. The van der Waals surface area contributed by atoms with E-state index in [-0.39, 0.29) is 5.91 Å². The molecular formula is C14H15NO. The smallest absolute Gasteiger partial charge is 0.257 e. The zero-order valence-corrected chi connectivity index (χ0v) is 9.87. The summed E-state index contributed by atoms with van der Waals surface area (Å²) in [5.74, 6) is -0.0382. The van der Waals surface area contributed by atoms with Crippen LogP contribution in [0.5, 0.6) is 0 Å². The summed E-state index contributed by atoms with van der Waals surface area (Å²) in [5, 5.41) is 1.16. The molecule has 0 aliphatic rings. The van der Waals surface area contributed by atoms with Gasteiger partial charge in [-0.3, -0.25) is 9.36 Å². The number of benzene rings is 1. The van der Waals surface area contributed by atoms with Gasteiger partial charge < -0.3 is 0 Å². The second-order valence-electron chi connectivity index (χ2n) is 4.24. The average molecular weight is 213 g/mol. The maximum atomic E-state index is 11.9. The second kappa shape index (κ2) is 3.63. The van der Waals surface area contributed by atoms with Gasteiger partial charge in [0.1, 0.15) is 0 Å². The van der Waals surface area contributed by atoms with Crippen molar-refractivity contribution >= 4 is 16.8 Å². The molecule has 2 heteroatoms. The minimum absolute atomic E-state index is 0.0382. The number of fused-ring (bicyclic) bond motifs is 1. The molecule has 0 bridgehead atoms. The van der Waals surface area contributed by atoms with E-state index in [1.165, 1.54) is 5.56 Å². The van der Waals surface area contributed by atoms with Crippen LogP contribution < -0.4 is 0 Å². The van der Waals surface area contributed by atoms with Crippen molar-refractivity contribution in [2.45, 2.75) is 20.8 Å². The van der Waals surface area contributed by atoms with Crippen LogP contribution in [-0.2, 0) is 0 Å². The number of carbonyl (C=O) groups excluding carboxylic acids is 1. The molecule has 2 nitrogen and oxygen atoms in total. The molecule has 0 fully saturated rings. The van der Waals surface area contributed by atoms with Crippen molar-refractivity contribution in [2.75, 3.05) is 0 Å². The van der Waals surface area contributed by atoms with Crippen molar-refractivity contribution in [3.63, 3.8) is 0 Å². The average Bonchev–Trinajstić information content (AvgIpc) is 2.56. The van der Waals surface area contributed by atoms with Gasteiger partial charge in [-0.05, 0) is 38.0 Å². The summed E-state index contributed by atoms with van der Waals surface area (Å²) in [6.07, 6.45) is 1.88. The van der Waals surface area contributed by atoms with Gasteiger partial charge >= 0.3 is 0 Å². The van der Waals surface area contributed by atoms with Crippen molar-refractivity contribution in [3.05, 3.63) is 47.7 Å². The number of hydrogen-bond donors (Lipinski definition) is 0. The molecular weight excluding hydrogens is 198 g/mol. The highest BCUT2D eigenvalue weighted by Gasteiger charge is 2.12. The Morgan fingerprint density at radius 3 is 2.56 bits per heavy atom. The molecule has 0 N–H and O–H groups in total. The van der Waals surface area contributed by atoms with Crippen molar-refractivity contribution < 1.29 is 4.79 Å². The third-order valence-corrected chi connectivity index (χ3v) is 2.81. The first-order chi connectivity index (χ1) is 7.52. The predicted octanol–water partition coefficient (Wildman–Crippen LogP) is 3.47. The molecule has 0 radical (unpaired) electrons. The minimum atomic E-state index is -0.0382. The molecule has 1 aromatic heterocycles. The van der Waals surface area contributed by atoms with E-state index >= 15 is 0 Å². The first kappa shape index (κ1) is 10.7. The lowest BCUT2D eigenvalue weighted by Gasteiger charge is -2.03. The standard InChI is InChI=1S/C14H15NO/c1-9(2)14(16)15-8-11(4)13-10(3)6-5-7-12(13)15/h5-8H,1H2,2-4H3. The van der Waals surface area contributed by atoms with Crippen molar-refractivity contribution in [3.8, 4) is 0 Å². The molecule has 0 amide bonds. The quantitative estimate of drug-likeness (QED) is 0.665. The number of allylic oxidation sites excluding steroid dienone is 1. The normalized spacial score (nSPS) is 10.7. The maximum absolute atomic E-state index is 11.9. The molecule has 0 atom stereocenters. The Balaban J connectivity index is 2.79. The van der Waals surface area contributed by atoms with Gasteiger partial charge in [0.15, 0.2) is 0 Å². The molecule has 0 unspecified atom stereocenters. The SMILES string of the molecule is C=C(C)C(=O)n1cc(C)c2c(C)cccc21. The van der Waals surface area contributed by atoms with E-state index in [0.717, 1.165) is 16.5 Å². The lowest BCUT2D eigenvalue weighted by molar-refractivity contribution is 0.0960. The third kappa shape index (κ3) is 1.47.